The summed E-state index contributed by atoms with van der Waals surface area (Å²) in [7, 11) is 0. The van der Waals surface area contributed by atoms with Gasteiger partial charge in [0.2, 0.25) is 0 Å². The molecule has 1 unspecified atom stereocenters. The molecule has 102 valence electrons. The highest BCUT2D eigenvalue weighted by molar-refractivity contribution is 5.94. The summed E-state index contributed by atoms with van der Waals surface area (Å²) >= 11 is 0. The number of hydrogen-bond donors (Lipinski definition) is 1. The highest BCUT2D eigenvalue weighted by atomic mass is 16.3. The summed E-state index contributed by atoms with van der Waals surface area (Å²) in [5.41, 5.74) is 1.70. The van der Waals surface area contributed by atoms with Crippen LogP contribution in [0.3, 0.4) is 0 Å². The van der Waals surface area contributed by atoms with Crippen molar-refractivity contribution >= 4 is 5.91 Å². The van der Waals surface area contributed by atoms with E-state index in [4.69, 9.17) is 0 Å². The fraction of sp³-hybridized carbons (Fsp3) is 0.600. The summed E-state index contributed by atoms with van der Waals surface area (Å²) in [6.45, 7) is 3.42. The molecule has 1 aliphatic heterocycles. The van der Waals surface area contributed by atoms with E-state index in [0.29, 0.717) is 5.56 Å². The molecule has 2 heterocycles. The van der Waals surface area contributed by atoms with Gasteiger partial charge in [0.1, 0.15) is 0 Å². The van der Waals surface area contributed by atoms with Gasteiger partial charge in [-0.15, -0.1) is 0 Å². The normalized spacial score (nSPS) is 25.2. The molecule has 0 bridgehead atoms. The lowest BCUT2D eigenvalue weighted by molar-refractivity contribution is -0.0952. The van der Waals surface area contributed by atoms with Gasteiger partial charge in [-0.1, -0.05) is 0 Å². The van der Waals surface area contributed by atoms with Crippen LogP contribution in [-0.4, -0.2) is 40.1 Å². The second-order valence-electron chi connectivity index (χ2n) is 5.90. The third-order valence-electron chi connectivity index (χ3n) is 4.83. The van der Waals surface area contributed by atoms with Gasteiger partial charge in [-0.3, -0.25) is 9.78 Å². The Bertz CT molecular complexity index is 475. The molecule has 1 amide bonds. The predicted molar refractivity (Wildman–Crippen MR) is 71.8 cm³/mol. The number of rotatable bonds is 1. The second kappa shape index (κ2) is 4.60. The average Bonchev–Trinajstić information content (AvgIpc) is 2.46. The first kappa shape index (κ1) is 12.6. The molecule has 1 aromatic rings. The smallest absolute Gasteiger partial charge is 0.255 e. The monoisotopic (exact) mass is 260 g/mol. The molecule has 19 heavy (non-hydrogen) atoms. The van der Waals surface area contributed by atoms with Crippen LogP contribution < -0.4 is 0 Å². The van der Waals surface area contributed by atoms with Gasteiger partial charge in [0.25, 0.3) is 5.91 Å². The van der Waals surface area contributed by atoms with Gasteiger partial charge in [0.15, 0.2) is 0 Å². The van der Waals surface area contributed by atoms with Gasteiger partial charge in [0.05, 0.1) is 11.7 Å². The van der Waals surface area contributed by atoms with Crippen LogP contribution in [0.15, 0.2) is 18.3 Å². The van der Waals surface area contributed by atoms with E-state index in [-0.39, 0.29) is 17.4 Å². The fourth-order valence-electron chi connectivity index (χ4n) is 3.20. The molecule has 4 heteroatoms. The Morgan fingerprint density at radius 2 is 2.11 bits per heavy atom. The molecule has 1 atom stereocenters. The molecule has 1 aliphatic carbocycles. The minimum atomic E-state index is -0.147. The molecular formula is C15H20N2O2. The summed E-state index contributed by atoms with van der Waals surface area (Å²) in [5, 5.41) is 9.88. The molecule has 1 saturated heterocycles. The first-order valence-electron chi connectivity index (χ1n) is 7.01. The van der Waals surface area contributed by atoms with E-state index in [1.807, 2.05) is 24.0 Å². The number of hydrogen-bond acceptors (Lipinski definition) is 3. The van der Waals surface area contributed by atoms with Gasteiger partial charge >= 0.3 is 0 Å². The van der Waals surface area contributed by atoms with Crippen LogP contribution in [0.5, 0.6) is 0 Å². The largest absolute Gasteiger partial charge is 0.393 e. The molecule has 0 radical (unpaired) electrons. The Kier molecular flexibility index (Phi) is 3.05. The fourth-order valence-corrected chi connectivity index (χ4v) is 3.20. The lowest BCUT2D eigenvalue weighted by Gasteiger charge is -2.51. The first-order chi connectivity index (χ1) is 9.11. The Labute approximate surface area is 113 Å². The number of carbonyl (C=O) groups is 1. The molecule has 1 saturated carbocycles. The highest BCUT2D eigenvalue weighted by Gasteiger charge is 2.47. The Hall–Kier alpha value is -1.42. The summed E-state index contributed by atoms with van der Waals surface area (Å²) in [5.74, 6) is 0.0659. The van der Waals surface area contributed by atoms with Crippen molar-refractivity contribution in [3.63, 3.8) is 0 Å². The molecule has 3 rings (SSSR count). The van der Waals surface area contributed by atoms with E-state index in [9.17, 15) is 9.90 Å². The van der Waals surface area contributed by atoms with Crippen molar-refractivity contribution in [1.29, 1.82) is 0 Å². The standard InChI is InChI=1S/C15H20N2O2/c1-11-2-3-12(10-16-11)14(19)17-8-6-15(7-9-17)5-4-13(15)18/h2-3,10,13,18H,4-9H2,1H3. The number of aliphatic hydroxyl groups is 1. The summed E-state index contributed by atoms with van der Waals surface area (Å²) in [6.07, 6.45) is 5.40. The maximum absolute atomic E-state index is 12.3. The molecule has 2 fully saturated rings. The number of piperidine rings is 1. The van der Waals surface area contributed by atoms with Crippen molar-refractivity contribution in [2.75, 3.05) is 13.1 Å². The topological polar surface area (TPSA) is 53.4 Å². The van der Waals surface area contributed by atoms with E-state index in [1.54, 1.807) is 6.20 Å². The van der Waals surface area contributed by atoms with Crippen molar-refractivity contribution < 1.29 is 9.90 Å². The average molecular weight is 260 g/mol. The SMILES string of the molecule is Cc1ccc(C(=O)N2CCC3(CCC3O)CC2)cn1. The highest BCUT2D eigenvalue weighted by Crippen LogP contribution is 2.49. The van der Waals surface area contributed by atoms with E-state index < -0.39 is 0 Å². The summed E-state index contributed by atoms with van der Waals surface area (Å²) in [6, 6.07) is 3.71. The minimum Gasteiger partial charge on any atom is -0.393 e. The Balaban J connectivity index is 1.65. The van der Waals surface area contributed by atoms with Gasteiger partial charge in [0, 0.05) is 25.0 Å². The maximum Gasteiger partial charge on any atom is 0.255 e. The van der Waals surface area contributed by atoms with Gasteiger partial charge in [-0.2, -0.15) is 0 Å². The number of amides is 1. The van der Waals surface area contributed by atoms with Crippen LogP contribution >= 0.6 is 0 Å². The van der Waals surface area contributed by atoms with Gasteiger partial charge < -0.3 is 10.0 Å². The number of nitrogens with zero attached hydrogens (tertiary/aromatic N) is 2. The van der Waals surface area contributed by atoms with E-state index >= 15 is 0 Å². The Morgan fingerprint density at radius 3 is 2.58 bits per heavy atom. The molecule has 0 aromatic carbocycles. The quantitative estimate of drug-likeness (QED) is 0.837. The van der Waals surface area contributed by atoms with E-state index in [0.717, 1.165) is 44.5 Å². The summed E-state index contributed by atoms with van der Waals surface area (Å²) in [4.78, 5) is 18.4. The van der Waals surface area contributed by atoms with E-state index in [1.165, 1.54) is 0 Å². The lowest BCUT2D eigenvalue weighted by Crippen LogP contribution is -2.53. The van der Waals surface area contributed by atoms with Crippen molar-refractivity contribution in [1.82, 2.24) is 9.88 Å². The number of aliphatic hydroxyl groups excluding tert-OH is 1. The molecule has 1 aromatic heterocycles. The number of aryl methyl sites for hydroxylation is 1. The van der Waals surface area contributed by atoms with Crippen LogP contribution in [0.4, 0.5) is 0 Å². The van der Waals surface area contributed by atoms with Gasteiger partial charge in [-0.25, -0.2) is 0 Å². The zero-order chi connectivity index (χ0) is 13.5. The first-order valence-corrected chi connectivity index (χ1v) is 7.01. The molecular weight excluding hydrogens is 240 g/mol. The number of pyridine rings is 1. The van der Waals surface area contributed by atoms with Crippen LogP contribution in [0.2, 0.25) is 0 Å². The number of carbonyl (C=O) groups excluding carboxylic acids is 1. The molecule has 4 nitrogen and oxygen atoms in total. The van der Waals surface area contributed by atoms with Crippen LogP contribution in [-0.2, 0) is 0 Å². The third-order valence-corrected chi connectivity index (χ3v) is 4.83. The van der Waals surface area contributed by atoms with E-state index in [2.05, 4.69) is 4.98 Å². The number of aromatic nitrogens is 1. The zero-order valence-corrected chi connectivity index (χ0v) is 11.3. The van der Waals surface area contributed by atoms with Crippen LogP contribution in [0.25, 0.3) is 0 Å². The minimum absolute atomic E-state index is 0.0659. The van der Waals surface area contributed by atoms with Gasteiger partial charge in [-0.05, 0) is 50.2 Å². The third kappa shape index (κ3) is 2.14. The zero-order valence-electron chi connectivity index (χ0n) is 11.3. The maximum atomic E-state index is 12.3. The van der Waals surface area contributed by atoms with Crippen LogP contribution in [0, 0.1) is 12.3 Å². The molecule has 2 aliphatic rings. The van der Waals surface area contributed by atoms with Crippen molar-refractivity contribution in [3.05, 3.63) is 29.6 Å². The lowest BCUT2D eigenvalue weighted by atomic mass is 9.61. The van der Waals surface area contributed by atoms with Crippen molar-refractivity contribution in [2.24, 2.45) is 5.41 Å². The van der Waals surface area contributed by atoms with Crippen LogP contribution in [0.1, 0.15) is 41.7 Å². The number of likely N-dealkylation sites (tertiary alicyclic amines) is 1. The second-order valence-corrected chi connectivity index (χ2v) is 5.90. The molecule has 1 N–H and O–H groups in total. The predicted octanol–water partition coefficient (Wildman–Crippen LogP) is 1.77. The Morgan fingerprint density at radius 1 is 1.37 bits per heavy atom. The molecule has 1 spiro atoms. The van der Waals surface area contributed by atoms with Crippen molar-refractivity contribution in [3.8, 4) is 0 Å². The van der Waals surface area contributed by atoms with Crippen molar-refractivity contribution in [2.45, 2.75) is 38.7 Å². The summed E-state index contributed by atoms with van der Waals surface area (Å²) < 4.78 is 0.